The van der Waals surface area contributed by atoms with Crippen LogP contribution in [-0.2, 0) is 0 Å². The monoisotopic (exact) mass is 320 g/mol. The molecule has 7 nitrogen and oxygen atoms in total. The van der Waals surface area contributed by atoms with Crippen molar-refractivity contribution in [1.29, 1.82) is 0 Å². The molecule has 0 radical (unpaired) electrons. The number of aryl methyl sites for hydroxylation is 1. The third-order valence-corrected chi connectivity index (χ3v) is 5.03. The first-order chi connectivity index (χ1) is 10.1. The van der Waals surface area contributed by atoms with Gasteiger partial charge in [0.25, 0.3) is 5.91 Å². The number of thiazole rings is 1. The number of thiophene rings is 1. The number of aromatic amines is 1. The molecule has 0 bridgehead atoms. The summed E-state index contributed by atoms with van der Waals surface area (Å²) >= 11 is 2.99. The normalized spacial score (nSPS) is 12.3. The van der Waals surface area contributed by atoms with Gasteiger partial charge >= 0.3 is 0 Å². The van der Waals surface area contributed by atoms with E-state index in [-0.39, 0.29) is 11.9 Å². The zero-order chi connectivity index (χ0) is 14.8. The molecule has 1 atom stereocenters. The summed E-state index contributed by atoms with van der Waals surface area (Å²) in [5.74, 6) is 0.272. The zero-order valence-corrected chi connectivity index (χ0v) is 13.0. The van der Waals surface area contributed by atoms with Crippen LogP contribution in [-0.4, -0.2) is 31.5 Å². The Morgan fingerprint density at radius 1 is 1.48 bits per heavy atom. The van der Waals surface area contributed by atoms with Crippen molar-refractivity contribution in [1.82, 2.24) is 30.9 Å². The zero-order valence-electron chi connectivity index (χ0n) is 11.3. The fraction of sp³-hybridized carbons (Fsp3) is 0.250. The summed E-state index contributed by atoms with van der Waals surface area (Å²) in [5.41, 5.74) is 0.723. The maximum Gasteiger partial charge on any atom is 0.263 e. The number of hydrogen-bond acceptors (Lipinski definition) is 7. The molecule has 3 aromatic rings. The molecular formula is C12H12N6OS2. The lowest BCUT2D eigenvalue weighted by Crippen LogP contribution is -2.27. The third-order valence-electron chi connectivity index (χ3n) is 2.83. The fourth-order valence-electron chi connectivity index (χ4n) is 1.79. The largest absolute Gasteiger partial charge is 0.341 e. The van der Waals surface area contributed by atoms with E-state index in [1.807, 2.05) is 24.4 Å². The van der Waals surface area contributed by atoms with Gasteiger partial charge in [-0.05, 0) is 25.3 Å². The number of aromatic nitrogens is 5. The van der Waals surface area contributed by atoms with Gasteiger partial charge in [-0.1, -0.05) is 11.3 Å². The van der Waals surface area contributed by atoms with Gasteiger partial charge in [-0.15, -0.1) is 32.9 Å². The molecule has 0 saturated carbocycles. The highest BCUT2D eigenvalue weighted by molar-refractivity contribution is 7.22. The molecule has 0 saturated heterocycles. The Bertz CT molecular complexity index is 734. The van der Waals surface area contributed by atoms with Crippen molar-refractivity contribution in [2.75, 3.05) is 0 Å². The Labute approximate surface area is 128 Å². The lowest BCUT2D eigenvalue weighted by molar-refractivity contribution is 0.0941. The van der Waals surface area contributed by atoms with E-state index in [2.05, 4.69) is 30.9 Å². The van der Waals surface area contributed by atoms with Gasteiger partial charge in [0.05, 0.1) is 16.6 Å². The number of carbonyl (C=O) groups is 1. The Morgan fingerprint density at radius 2 is 2.33 bits per heavy atom. The number of amides is 1. The van der Waals surface area contributed by atoms with Gasteiger partial charge in [0.15, 0.2) is 5.82 Å². The van der Waals surface area contributed by atoms with Gasteiger partial charge in [0.1, 0.15) is 9.88 Å². The second-order valence-electron chi connectivity index (χ2n) is 4.38. The molecule has 1 amide bonds. The van der Waals surface area contributed by atoms with Gasteiger partial charge in [-0.3, -0.25) is 4.79 Å². The van der Waals surface area contributed by atoms with Crippen LogP contribution >= 0.6 is 22.7 Å². The van der Waals surface area contributed by atoms with E-state index in [0.29, 0.717) is 10.7 Å². The average molecular weight is 320 g/mol. The highest BCUT2D eigenvalue weighted by atomic mass is 32.1. The van der Waals surface area contributed by atoms with Crippen molar-refractivity contribution in [2.24, 2.45) is 0 Å². The summed E-state index contributed by atoms with van der Waals surface area (Å²) in [6.45, 7) is 3.64. The highest BCUT2D eigenvalue weighted by Crippen LogP contribution is 2.31. The first-order valence-corrected chi connectivity index (χ1v) is 7.90. The molecule has 9 heteroatoms. The smallest absolute Gasteiger partial charge is 0.263 e. The number of rotatable bonds is 4. The van der Waals surface area contributed by atoms with E-state index in [1.54, 1.807) is 18.3 Å². The molecule has 3 aromatic heterocycles. The summed E-state index contributed by atoms with van der Waals surface area (Å²) in [4.78, 5) is 18.5. The number of carbonyl (C=O) groups excluding carboxylic acids is 1. The van der Waals surface area contributed by atoms with Gasteiger partial charge in [0, 0.05) is 0 Å². The Kier molecular flexibility index (Phi) is 3.76. The van der Waals surface area contributed by atoms with Crippen LogP contribution in [0.4, 0.5) is 0 Å². The summed E-state index contributed by atoms with van der Waals surface area (Å²) < 4.78 is 0. The lowest BCUT2D eigenvalue weighted by atomic mass is 10.3. The second kappa shape index (κ2) is 5.70. The minimum absolute atomic E-state index is 0.176. The number of nitrogens with zero attached hydrogens (tertiary/aromatic N) is 4. The second-order valence-corrected chi connectivity index (χ2v) is 6.32. The number of tetrazole rings is 1. The minimum atomic E-state index is -0.317. The van der Waals surface area contributed by atoms with Crippen molar-refractivity contribution in [3.05, 3.63) is 33.9 Å². The van der Waals surface area contributed by atoms with Crippen LogP contribution in [0.5, 0.6) is 0 Å². The number of hydrogen-bond donors (Lipinski definition) is 2. The molecule has 3 rings (SSSR count). The van der Waals surface area contributed by atoms with Crippen molar-refractivity contribution < 1.29 is 4.79 Å². The fourth-order valence-corrected chi connectivity index (χ4v) is 3.56. The number of nitrogens with one attached hydrogen (secondary N) is 2. The molecule has 3 heterocycles. The molecule has 21 heavy (non-hydrogen) atoms. The molecule has 108 valence electrons. The topological polar surface area (TPSA) is 96.5 Å². The maximum absolute atomic E-state index is 12.3. The maximum atomic E-state index is 12.3. The van der Waals surface area contributed by atoms with E-state index in [9.17, 15) is 4.79 Å². The van der Waals surface area contributed by atoms with Crippen molar-refractivity contribution in [3.63, 3.8) is 0 Å². The molecule has 0 fully saturated rings. The van der Waals surface area contributed by atoms with Crippen LogP contribution in [0.1, 0.15) is 34.2 Å². The average Bonchev–Trinajstić information content (AvgIpc) is 3.20. The van der Waals surface area contributed by atoms with E-state index >= 15 is 0 Å². The Hall–Kier alpha value is -2.13. The Balaban J connectivity index is 1.79. The summed E-state index contributed by atoms with van der Waals surface area (Å²) in [6.07, 6.45) is 0. The van der Waals surface area contributed by atoms with Crippen LogP contribution in [0.3, 0.4) is 0 Å². The van der Waals surface area contributed by atoms with Crippen LogP contribution in [0.15, 0.2) is 17.5 Å². The SMILES string of the molecule is Cc1nc(-c2cccs2)sc1C(=O)NC(C)c1nn[nH]n1. The standard InChI is InChI=1S/C12H12N6OS2/c1-6-9(21-12(14-6)8-4-3-5-20-8)11(19)13-7(2)10-15-17-18-16-10/h3-5,7H,1-2H3,(H,13,19)(H,15,16,17,18). The highest BCUT2D eigenvalue weighted by Gasteiger charge is 2.20. The number of H-pyrrole nitrogens is 1. The van der Waals surface area contributed by atoms with E-state index < -0.39 is 0 Å². The molecule has 1 unspecified atom stereocenters. The van der Waals surface area contributed by atoms with Crippen LogP contribution in [0, 0.1) is 6.92 Å². The van der Waals surface area contributed by atoms with Gasteiger partial charge in [-0.25, -0.2) is 4.98 Å². The minimum Gasteiger partial charge on any atom is -0.341 e. The van der Waals surface area contributed by atoms with Gasteiger partial charge < -0.3 is 5.32 Å². The summed E-state index contributed by atoms with van der Waals surface area (Å²) in [6, 6.07) is 3.64. The van der Waals surface area contributed by atoms with E-state index in [0.717, 1.165) is 15.6 Å². The molecule has 0 aliphatic rings. The van der Waals surface area contributed by atoms with Crippen molar-refractivity contribution in [2.45, 2.75) is 19.9 Å². The van der Waals surface area contributed by atoms with Crippen LogP contribution in [0.2, 0.25) is 0 Å². The third kappa shape index (κ3) is 2.83. The predicted octanol–water partition coefficient (Wildman–Crippen LogP) is 2.18. The molecule has 2 N–H and O–H groups in total. The first kappa shape index (κ1) is 13.8. The Morgan fingerprint density at radius 3 is 3.00 bits per heavy atom. The van der Waals surface area contributed by atoms with E-state index in [4.69, 9.17) is 0 Å². The summed E-state index contributed by atoms with van der Waals surface area (Å²) in [7, 11) is 0. The van der Waals surface area contributed by atoms with Gasteiger partial charge in [0.2, 0.25) is 0 Å². The molecule has 0 aromatic carbocycles. The molecule has 0 spiro atoms. The quantitative estimate of drug-likeness (QED) is 0.768. The van der Waals surface area contributed by atoms with Crippen molar-refractivity contribution >= 4 is 28.6 Å². The van der Waals surface area contributed by atoms with E-state index in [1.165, 1.54) is 11.3 Å². The molecular weight excluding hydrogens is 308 g/mol. The van der Waals surface area contributed by atoms with Gasteiger partial charge in [-0.2, -0.15) is 5.21 Å². The first-order valence-electron chi connectivity index (χ1n) is 6.20. The molecule has 0 aliphatic heterocycles. The van der Waals surface area contributed by atoms with Crippen molar-refractivity contribution in [3.8, 4) is 9.88 Å². The summed E-state index contributed by atoms with van der Waals surface area (Å²) in [5, 5.41) is 19.3. The van der Waals surface area contributed by atoms with Crippen LogP contribution in [0.25, 0.3) is 9.88 Å². The lowest BCUT2D eigenvalue weighted by Gasteiger charge is -2.08. The van der Waals surface area contributed by atoms with Crippen LogP contribution < -0.4 is 5.32 Å². The predicted molar refractivity (Wildman–Crippen MR) is 80.2 cm³/mol. The molecule has 0 aliphatic carbocycles.